The van der Waals surface area contributed by atoms with Crippen LogP contribution in [0.3, 0.4) is 0 Å². The van der Waals surface area contributed by atoms with Crippen LogP contribution < -0.4 is 5.32 Å². The number of hydrogen-bond donors (Lipinski definition) is 1. The Bertz CT molecular complexity index is 1180. The highest BCUT2D eigenvalue weighted by atomic mass is 32.2. The Morgan fingerprint density at radius 2 is 1.31 bits per heavy atom. The van der Waals surface area contributed by atoms with Crippen molar-refractivity contribution in [2.75, 3.05) is 44.6 Å². The molecule has 0 aliphatic carbocycles. The lowest BCUT2D eigenvalue weighted by Gasteiger charge is -2.39. The zero-order chi connectivity index (χ0) is 25.5. The second-order valence-corrected chi connectivity index (χ2v) is 10.7. The molecule has 2 amide bonds. The summed E-state index contributed by atoms with van der Waals surface area (Å²) >= 11 is 0. The summed E-state index contributed by atoms with van der Waals surface area (Å²) in [6.07, 6.45) is 0. The molecule has 190 valence electrons. The summed E-state index contributed by atoms with van der Waals surface area (Å²) in [7, 11) is -3.63. The fraction of sp³-hybridized carbons (Fsp3) is 0.321. The van der Waals surface area contributed by atoms with E-state index in [1.165, 1.54) is 11.1 Å². The quantitative estimate of drug-likeness (QED) is 0.483. The molecule has 0 saturated carbocycles. The molecule has 7 nitrogen and oxygen atoms in total. The van der Waals surface area contributed by atoms with Crippen LogP contribution in [0.2, 0.25) is 0 Å². The number of amides is 2. The summed E-state index contributed by atoms with van der Waals surface area (Å²) in [4.78, 5) is 16.5. The second-order valence-electron chi connectivity index (χ2n) is 8.79. The number of nitrogens with zero attached hydrogens (tertiary/aromatic N) is 3. The monoisotopic (exact) mass is 506 g/mol. The van der Waals surface area contributed by atoms with E-state index in [1.807, 2.05) is 50.2 Å². The van der Waals surface area contributed by atoms with Gasteiger partial charge in [0.1, 0.15) is 0 Å². The number of hydrogen-bond acceptors (Lipinski definition) is 4. The first kappa shape index (κ1) is 25.9. The summed E-state index contributed by atoms with van der Waals surface area (Å²) in [6.45, 7) is 7.14. The van der Waals surface area contributed by atoms with Gasteiger partial charge in [0.15, 0.2) is 0 Å². The number of benzene rings is 3. The highest BCUT2D eigenvalue weighted by Gasteiger charge is 2.32. The van der Waals surface area contributed by atoms with Crippen molar-refractivity contribution >= 4 is 21.7 Å². The van der Waals surface area contributed by atoms with Crippen molar-refractivity contribution in [2.24, 2.45) is 0 Å². The van der Waals surface area contributed by atoms with Gasteiger partial charge in [0.05, 0.1) is 10.9 Å². The van der Waals surface area contributed by atoms with Crippen LogP contribution in [0.15, 0.2) is 89.8 Å². The molecule has 0 unspecified atom stereocenters. The second kappa shape index (κ2) is 11.7. The average molecular weight is 507 g/mol. The maximum atomic E-state index is 13.3. The number of carbonyl (C=O) groups is 1. The number of nitrogens with one attached hydrogen (secondary N) is 1. The van der Waals surface area contributed by atoms with Gasteiger partial charge in [0, 0.05) is 45.0 Å². The standard InChI is InChI=1S/C28H34N4O3S/c1-3-30(4-2)28(33)29-25-15-17-26(18-16-25)36(34,35)32-21-19-31(20-22-32)27(23-11-7-5-8-12-23)24-13-9-6-10-14-24/h5-18,27H,3-4,19-22H2,1-2H3,(H,29,33). The highest BCUT2D eigenvalue weighted by molar-refractivity contribution is 7.89. The molecule has 1 aliphatic heterocycles. The SMILES string of the molecule is CCN(CC)C(=O)Nc1ccc(S(=O)(=O)N2CCN(C(c3ccccc3)c3ccccc3)CC2)cc1. The number of piperazine rings is 1. The van der Waals surface area contributed by atoms with E-state index in [0.717, 1.165) is 0 Å². The molecule has 1 heterocycles. The molecule has 36 heavy (non-hydrogen) atoms. The van der Waals surface area contributed by atoms with E-state index in [9.17, 15) is 13.2 Å². The van der Waals surface area contributed by atoms with Crippen molar-refractivity contribution in [1.29, 1.82) is 0 Å². The van der Waals surface area contributed by atoms with E-state index in [4.69, 9.17) is 0 Å². The van der Waals surface area contributed by atoms with Crippen LogP contribution in [-0.4, -0.2) is 67.8 Å². The molecule has 3 aromatic carbocycles. The van der Waals surface area contributed by atoms with E-state index in [-0.39, 0.29) is 17.0 Å². The average Bonchev–Trinajstić information content (AvgIpc) is 2.91. The maximum Gasteiger partial charge on any atom is 0.321 e. The molecule has 1 aliphatic rings. The van der Waals surface area contributed by atoms with Crippen LogP contribution >= 0.6 is 0 Å². The van der Waals surface area contributed by atoms with Gasteiger partial charge in [-0.25, -0.2) is 13.2 Å². The summed E-state index contributed by atoms with van der Waals surface area (Å²) in [5.41, 5.74) is 2.97. The first-order valence-electron chi connectivity index (χ1n) is 12.4. The minimum absolute atomic E-state index is 0.0750. The fourth-order valence-corrected chi connectivity index (χ4v) is 6.08. The molecular formula is C28H34N4O3S. The van der Waals surface area contributed by atoms with E-state index >= 15 is 0 Å². The van der Waals surface area contributed by atoms with Crippen LogP contribution in [0.25, 0.3) is 0 Å². The molecule has 0 bridgehead atoms. The minimum atomic E-state index is -3.63. The number of urea groups is 1. The van der Waals surface area contributed by atoms with E-state index in [0.29, 0.717) is 45.0 Å². The van der Waals surface area contributed by atoms with Gasteiger partial charge in [-0.05, 0) is 49.2 Å². The Morgan fingerprint density at radius 1 is 0.806 bits per heavy atom. The zero-order valence-electron chi connectivity index (χ0n) is 20.9. The topological polar surface area (TPSA) is 73.0 Å². The van der Waals surface area contributed by atoms with Crippen molar-refractivity contribution in [3.63, 3.8) is 0 Å². The third-order valence-corrected chi connectivity index (χ3v) is 8.58. The molecule has 3 aromatic rings. The third-order valence-electron chi connectivity index (χ3n) is 6.66. The number of carbonyl (C=O) groups excluding carboxylic acids is 1. The van der Waals surface area contributed by atoms with Crippen LogP contribution in [-0.2, 0) is 10.0 Å². The van der Waals surface area contributed by atoms with Gasteiger partial charge in [0.2, 0.25) is 10.0 Å². The predicted octanol–water partition coefficient (Wildman–Crippen LogP) is 4.66. The first-order chi connectivity index (χ1) is 17.4. The van der Waals surface area contributed by atoms with Crippen LogP contribution in [0.1, 0.15) is 31.0 Å². The Labute approximate surface area is 214 Å². The Hall–Kier alpha value is -3.20. The van der Waals surface area contributed by atoms with Crippen molar-refractivity contribution in [3.8, 4) is 0 Å². The number of sulfonamides is 1. The van der Waals surface area contributed by atoms with Crippen LogP contribution in [0, 0.1) is 0 Å². The Kier molecular flexibility index (Phi) is 8.40. The molecule has 1 N–H and O–H groups in total. The molecule has 8 heteroatoms. The first-order valence-corrected chi connectivity index (χ1v) is 13.9. The van der Waals surface area contributed by atoms with E-state index < -0.39 is 10.0 Å². The normalized spacial score (nSPS) is 15.1. The number of anilines is 1. The largest absolute Gasteiger partial charge is 0.325 e. The predicted molar refractivity (Wildman–Crippen MR) is 143 cm³/mol. The summed E-state index contributed by atoms with van der Waals surface area (Å²) in [6, 6.07) is 27.0. The molecular weight excluding hydrogens is 472 g/mol. The van der Waals surface area contributed by atoms with Gasteiger partial charge in [-0.3, -0.25) is 4.90 Å². The summed E-state index contributed by atoms with van der Waals surface area (Å²) in [5, 5.41) is 2.82. The van der Waals surface area contributed by atoms with Gasteiger partial charge < -0.3 is 10.2 Å². The fourth-order valence-electron chi connectivity index (χ4n) is 4.66. The smallest absolute Gasteiger partial charge is 0.321 e. The zero-order valence-corrected chi connectivity index (χ0v) is 21.7. The molecule has 1 fully saturated rings. The highest BCUT2D eigenvalue weighted by Crippen LogP contribution is 2.30. The molecule has 0 spiro atoms. The Balaban J connectivity index is 1.45. The van der Waals surface area contributed by atoms with E-state index in [1.54, 1.807) is 33.5 Å². The third kappa shape index (κ3) is 5.78. The summed E-state index contributed by atoms with van der Waals surface area (Å²) < 4.78 is 28.3. The lowest BCUT2D eigenvalue weighted by atomic mass is 9.96. The lowest BCUT2D eigenvalue weighted by molar-refractivity contribution is 0.156. The lowest BCUT2D eigenvalue weighted by Crippen LogP contribution is -2.49. The number of rotatable bonds is 8. The van der Waals surface area contributed by atoms with Gasteiger partial charge >= 0.3 is 6.03 Å². The van der Waals surface area contributed by atoms with Gasteiger partial charge in [-0.15, -0.1) is 0 Å². The molecule has 0 atom stereocenters. The van der Waals surface area contributed by atoms with Crippen molar-refractivity contribution in [3.05, 3.63) is 96.1 Å². The molecule has 1 saturated heterocycles. The van der Waals surface area contributed by atoms with Crippen molar-refractivity contribution in [1.82, 2.24) is 14.1 Å². The maximum absolute atomic E-state index is 13.3. The van der Waals surface area contributed by atoms with Gasteiger partial charge in [-0.2, -0.15) is 4.31 Å². The Morgan fingerprint density at radius 3 is 1.78 bits per heavy atom. The van der Waals surface area contributed by atoms with Crippen molar-refractivity contribution < 1.29 is 13.2 Å². The molecule has 0 radical (unpaired) electrons. The van der Waals surface area contributed by atoms with Crippen molar-refractivity contribution in [2.45, 2.75) is 24.8 Å². The van der Waals surface area contributed by atoms with Crippen LogP contribution in [0.5, 0.6) is 0 Å². The summed E-state index contributed by atoms with van der Waals surface area (Å²) in [5.74, 6) is 0. The van der Waals surface area contributed by atoms with Crippen LogP contribution in [0.4, 0.5) is 10.5 Å². The van der Waals surface area contributed by atoms with Gasteiger partial charge in [0.25, 0.3) is 0 Å². The minimum Gasteiger partial charge on any atom is -0.325 e. The van der Waals surface area contributed by atoms with E-state index in [2.05, 4.69) is 34.5 Å². The molecule has 4 rings (SSSR count). The van der Waals surface area contributed by atoms with Gasteiger partial charge in [-0.1, -0.05) is 60.7 Å². The molecule has 0 aromatic heterocycles.